The summed E-state index contributed by atoms with van der Waals surface area (Å²) in [6.07, 6.45) is 2.46. The van der Waals surface area contributed by atoms with Crippen LogP contribution in [0.5, 0.6) is 0 Å². The van der Waals surface area contributed by atoms with Crippen LogP contribution in [0.15, 0.2) is 15.6 Å². The van der Waals surface area contributed by atoms with E-state index < -0.39 is 9.84 Å². The quantitative estimate of drug-likeness (QED) is 0.378. The Bertz CT molecular complexity index is 680. The van der Waals surface area contributed by atoms with Crippen molar-refractivity contribution in [1.29, 1.82) is 0 Å². The van der Waals surface area contributed by atoms with Crippen LogP contribution in [0.25, 0.3) is 0 Å². The molecule has 0 aliphatic carbocycles. The first-order chi connectivity index (χ1) is 11.2. The Hall–Kier alpha value is -0.840. The summed E-state index contributed by atoms with van der Waals surface area (Å²) in [5.74, 6) is 2.75. The maximum absolute atomic E-state index is 11.5. The largest absolute Gasteiger partial charge is 0.443 e. The van der Waals surface area contributed by atoms with Crippen molar-refractivity contribution in [3.8, 4) is 0 Å². The zero-order chi connectivity index (χ0) is 17.8. The molecule has 1 aliphatic heterocycles. The molecule has 0 radical (unpaired) electrons. The number of rotatable bonds is 5. The van der Waals surface area contributed by atoms with Crippen molar-refractivity contribution in [3.05, 3.63) is 17.8 Å². The topological polar surface area (TPSA) is 96.6 Å². The summed E-state index contributed by atoms with van der Waals surface area (Å²) in [6.45, 7) is 9.87. The molecular formula is C16H29IN4O3S. The molecule has 1 unspecified atom stereocenters. The number of hydrogen-bond acceptors (Lipinski definition) is 5. The van der Waals surface area contributed by atoms with Gasteiger partial charge in [0.2, 0.25) is 5.89 Å². The van der Waals surface area contributed by atoms with Crippen LogP contribution in [0, 0.1) is 5.92 Å². The van der Waals surface area contributed by atoms with E-state index >= 15 is 0 Å². The summed E-state index contributed by atoms with van der Waals surface area (Å²) >= 11 is 0. The van der Waals surface area contributed by atoms with Crippen molar-refractivity contribution in [2.75, 3.05) is 24.6 Å². The molecule has 1 aromatic rings. The Morgan fingerprint density at radius 3 is 2.64 bits per heavy atom. The minimum atomic E-state index is -2.85. The van der Waals surface area contributed by atoms with E-state index in [-0.39, 0.29) is 41.1 Å². The lowest BCUT2D eigenvalue weighted by Gasteiger charge is -2.14. The average Bonchev–Trinajstić information content (AvgIpc) is 3.08. The summed E-state index contributed by atoms with van der Waals surface area (Å²) in [4.78, 5) is 8.73. The molecule has 2 N–H and O–H groups in total. The van der Waals surface area contributed by atoms with Crippen LogP contribution in [0.4, 0.5) is 0 Å². The van der Waals surface area contributed by atoms with Crippen molar-refractivity contribution in [3.63, 3.8) is 0 Å². The smallest absolute Gasteiger partial charge is 0.216 e. The molecule has 0 spiro atoms. The van der Waals surface area contributed by atoms with E-state index in [0.29, 0.717) is 37.1 Å². The maximum Gasteiger partial charge on any atom is 0.216 e. The van der Waals surface area contributed by atoms with Gasteiger partial charge in [-0.1, -0.05) is 20.8 Å². The first-order valence-electron chi connectivity index (χ1n) is 8.37. The van der Waals surface area contributed by atoms with Gasteiger partial charge in [-0.15, -0.1) is 24.0 Å². The lowest BCUT2D eigenvalue weighted by Crippen LogP contribution is -2.40. The Kier molecular flexibility index (Phi) is 8.17. The number of aliphatic imine (C=N–C) groups is 1. The Morgan fingerprint density at radius 1 is 1.40 bits per heavy atom. The third kappa shape index (κ3) is 7.12. The highest BCUT2D eigenvalue weighted by molar-refractivity contribution is 14.0. The molecular weight excluding hydrogens is 455 g/mol. The monoisotopic (exact) mass is 484 g/mol. The first kappa shape index (κ1) is 22.2. The zero-order valence-electron chi connectivity index (χ0n) is 15.3. The molecule has 9 heteroatoms. The van der Waals surface area contributed by atoms with E-state index in [4.69, 9.17) is 4.42 Å². The van der Waals surface area contributed by atoms with Gasteiger partial charge in [-0.25, -0.2) is 18.4 Å². The number of sulfone groups is 1. The fraction of sp³-hybridized carbons (Fsp3) is 0.750. The molecule has 0 amide bonds. The van der Waals surface area contributed by atoms with Crippen LogP contribution < -0.4 is 10.6 Å². The molecule has 1 fully saturated rings. The van der Waals surface area contributed by atoms with Gasteiger partial charge in [0.05, 0.1) is 17.7 Å². The van der Waals surface area contributed by atoms with Crippen LogP contribution in [-0.2, 0) is 21.8 Å². The van der Waals surface area contributed by atoms with E-state index in [1.54, 1.807) is 6.20 Å². The van der Waals surface area contributed by atoms with E-state index in [1.807, 2.05) is 6.92 Å². The van der Waals surface area contributed by atoms with Crippen LogP contribution in [0.3, 0.4) is 0 Å². The van der Waals surface area contributed by atoms with Gasteiger partial charge < -0.3 is 15.1 Å². The number of nitrogens with one attached hydrogen (secondary N) is 2. The zero-order valence-corrected chi connectivity index (χ0v) is 18.5. The van der Waals surface area contributed by atoms with Crippen molar-refractivity contribution < 1.29 is 12.8 Å². The molecule has 144 valence electrons. The van der Waals surface area contributed by atoms with Crippen molar-refractivity contribution in [1.82, 2.24) is 15.6 Å². The van der Waals surface area contributed by atoms with Crippen LogP contribution >= 0.6 is 24.0 Å². The third-order valence-corrected chi connectivity index (χ3v) is 5.73. The van der Waals surface area contributed by atoms with E-state index in [9.17, 15) is 8.42 Å². The normalized spacial score (nSPS) is 20.2. The number of oxazole rings is 1. The van der Waals surface area contributed by atoms with Crippen LogP contribution in [0.2, 0.25) is 0 Å². The highest BCUT2D eigenvalue weighted by atomic mass is 127. The summed E-state index contributed by atoms with van der Waals surface area (Å²) in [5, 5.41) is 6.37. The van der Waals surface area contributed by atoms with Gasteiger partial charge in [-0.05, 0) is 19.3 Å². The summed E-state index contributed by atoms with van der Waals surface area (Å²) in [6, 6.07) is 0. The van der Waals surface area contributed by atoms with Gasteiger partial charge in [0.15, 0.2) is 15.8 Å². The maximum atomic E-state index is 11.5. The Morgan fingerprint density at radius 2 is 2.12 bits per heavy atom. The molecule has 7 nitrogen and oxygen atoms in total. The number of aromatic nitrogens is 1. The van der Waals surface area contributed by atoms with Crippen LogP contribution in [0.1, 0.15) is 45.8 Å². The highest BCUT2D eigenvalue weighted by Crippen LogP contribution is 2.22. The summed E-state index contributed by atoms with van der Waals surface area (Å²) in [5.41, 5.74) is -0.0777. The first-order valence-corrected chi connectivity index (χ1v) is 10.2. The molecule has 1 saturated heterocycles. The molecule has 25 heavy (non-hydrogen) atoms. The van der Waals surface area contributed by atoms with Crippen molar-refractivity contribution in [2.45, 2.75) is 46.1 Å². The predicted molar refractivity (Wildman–Crippen MR) is 110 cm³/mol. The minimum Gasteiger partial charge on any atom is -0.443 e. The minimum absolute atomic E-state index is 0. The average molecular weight is 484 g/mol. The number of hydrogen-bond donors (Lipinski definition) is 2. The van der Waals surface area contributed by atoms with Gasteiger partial charge in [0, 0.05) is 18.5 Å². The van der Waals surface area contributed by atoms with Gasteiger partial charge in [0.25, 0.3) is 0 Å². The fourth-order valence-corrected chi connectivity index (χ4v) is 4.35. The molecule has 2 heterocycles. The number of guanidine groups is 1. The third-order valence-electron chi connectivity index (χ3n) is 3.89. The second kappa shape index (κ2) is 9.20. The molecule has 0 bridgehead atoms. The lowest BCUT2D eigenvalue weighted by atomic mass is 9.94. The predicted octanol–water partition coefficient (Wildman–Crippen LogP) is 2.08. The van der Waals surface area contributed by atoms with Crippen molar-refractivity contribution >= 4 is 39.8 Å². The Balaban J connectivity index is 0.00000312. The van der Waals surface area contributed by atoms with Gasteiger partial charge in [0.1, 0.15) is 12.3 Å². The molecule has 0 aromatic carbocycles. The fourth-order valence-electron chi connectivity index (χ4n) is 2.49. The van der Waals surface area contributed by atoms with Gasteiger partial charge >= 0.3 is 0 Å². The lowest BCUT2D eigenvalue weighted by molar-refractivity contribution is 0.383. The second-order valence-electron chi connectivity index (χ2n) is 7.21. The number of nitrogens with zero attached hydrogens (tertiary/aromatic N) is 2. The number of halogens is 1. The molecule has 1 aliphatic rings. The van der Waals surface area contributed by atoms with Crippen LogP contribution in [-0.4, -0.2) is 44.0 Å². The van der Waals surface area contributed by atoms with Gasteiger partial charge in [-0.2, -0.15) is 0 Å². The molecule has 0 saturated carbocycles. The Labute approximate surface area is 167 Å². The van der Waals surface area contributed by atoms with E-state index in [0.717, 1.165) is 12.3 Å². The van der Waals surface area contributed by atoms with Gasteiger partial charge in [-0.3, -0.25) is 0 Å². The second-order valence-corrected chi connectivity index (χ2v) is 9.44. The van der Waals surface area contributed by atoms with E-state index in [1.165, 1.54) is 0 Å². The SMILES string of the molecule is CCNC(=NCc1ncc(C(C)(C)C)o1)NCC1CCS(=O)(=O)C1.I. The molecule has 1 atom stereocenters. The highest BCUT2D eigenvalue weighted by Gasteiger charge is 2.27. The van der Waals surface area contributed by atoms with Crippen molar-refractivity contribution in [2.24, 2.45) is 10.9 Å². The van der Waals surface area contributed by atoms with E-state index in [2.05, 4.69) is 41.4 Å². The summed E-state index contributed by atoms with van der Waals surface area (Å²) in [7, 11) is -2.85. The molecule has 1 aromatic heterocycles. The summed E-state index contributed by atoms with van der Waals surface area (Å²) < 4.78 is 28.8. The standard InChI is InChI=1S/C16H28N4O3S.HI/c1-5-17-15(19-8-12-6-7-24(21,22)11-12)20-10-14-18-9-13(23-14)16(2,3)4;/h9,12H,5-8,10-11H2,1-4H3,(H2,17,19,20);1H. The molecule has 2 rings (SSSR count).